The van der Waals surface area contributed by atoms with Crippen LogP contribution >= 0.6 is 0 Å². The van der Waals surface area contributed by atoms with Gasteiger partial charge in [-0.2, -0.15) is 4.31 Å². The first kappa shape index (κ1) is 15.4. The van der Waals surface area contributed by atoms with Crippen molar-refractivity contribution in [1.29, 1.82) is 0 Å². The number of sulfonamides is 1. The number of hydrogen-bond donors (Lipinski definition) is 1. The summed E-state index contributed by atoms with van der Waals surface area (Å²) in [6.45, 7) is 5.30. The Balaban J connectivity index is 2.18. The van der Waals surface area contributed by atoms with Crippen LogP contribution in [0.5, 0.6) is 0 Å². The van der Waals surface area contributed by atoms with Crippen LogP contribution in [0, 0.1) is 19.8 Å². The molecule has 0 saturated carbocycles. The Bertz CT molecular complexity index is 564. The van der Waals surface area contributed by atoms with Crippen LogP contribution in [0.2, 0.25) is 0 Å². The summed E-state index contributed by atoms with van der Waals surface area (Å²) in [4.78, 5) is 5.08. The number of hydrogen-bond acceptors (Lipinski definition) is 4. The highest BCUT2D eigenvalue weighted by Gasteiger charge is 2.30. The monoisotopic (exact) mass is 298 g/mol. The molecule has 1 aliphatic heterocycles. The highest BCUT2D eigenvalue weighted by Crippen LogP contribution is 2.26. The smallest absolute Gasteiger partial charge is 0.243 e. The van der Waals surface area contributed by atoms with Gasteiger partial charge in [-0.25, -0.2) is 14.3 Å². The SMILES string of the molecule is Cc1ccc(C)c(S(=O)(=O)N2CCC(CON)CC2)c1. The van der Waals surface area contributed by atoms with Gasteiger partial charge in [0.15, 0.2) is 0 Å². The number of benzene rings is 1. The van der Waals surface area contributed by atoms with Crippen LogP contribution in [0.3, 0.4) is 0 Å². The van der Waals surface area contributed by atoms with E-state index in [0.29, 0.717) is 30.5 Å². The van der Waals surface area contributed by atoms with Gasteiger partial charge in [0.05, 0.1) is 11.5 Å². The van der Waals surface area contributed by atoms with Gasteiger partial charge in [-0.3, -0.25) is 0 Å². The molecule has 1 aromatic rings. The fourth-order valence-corrected chi connectivity index (χ4v) is 4.36. The molecule has 1 heterocycles. The minimum atomic E-state index is -3.39. The summed E-state index contributed by atoms with van der Waals surface area (Å²) in [6, 6.07) is 5.54. The molecule has 6 heteroatoms. The molecule has 0 unspecified atom stereocenters. The van der Waals surface area contributed by atoms with Crippen LogP contribution in [-0.4, -0.2) is 32.4 Å². The Morgan fingerprint density at radius 1 is 1.30 bits per heavy atom. The van der Waals surface area contributed by atoms with Gasteiger partial charge in [-0.15, -0.1) is 0 Å². The van der Waals surface area contributed by atoms with E-state index in [0.717, 1.165) is 24.0 Å². The molecule has 0 atom stereocenters. The quantitative estimate of drug-likeness (QED) is 0.857. The van der Waals surface area contributed by atoms with Crippen molar-refractivity contribution in [2.45, 2.75) is 31.6 Å². The molecule has 112 valence electrons. The van der Waals surface area contributed by atoms with Crippen molar-refractivity contribution in [1.82, 2.24) is 4.31 Å². The first-order valence-corrected chi connectivity index (χ1v) is 8.28. The van der Waals surface area contributed by atoms with E-state index >= 15 is 0 Å². The molecule has 2 N–H and O–H groups in total. The van der Waals surface area contributed by atoms with E-state index < -0.39 is 10.0 Å². The third kappa shape index (κ3) is 3.20. The van der Waals surface area contributed by atoms with Crippen molar-refractivity contribution in [2.24, 2.45) is 11.8 Å². The first-order valence-electron chi connectivity index (χ1n) is 6.84. The average molecular weight is 298 g/mol. The topological polar surface area (TPSA) is 72.6 Å². The van der Waals surface area contributed by atoms with E-state index in [1.807, 2.05) is 26.0 Å². The lowest BCUT2D eigenvalue weighted by molar-refractivity contribution is 0.0805. The van der Waals surface area contributed by atoms with Crippen LogP contribution in [0.25, 0.3) is 0 Å². The molecule has 0 radical (unpaired) electrons. The summed E-state index contributed by atoms with van der Waals surface area (Å²) < 4.78 is 27.0. The Kier molecular flexibility index (Phi) is 4.80. The lowest BCUT2D eigenvalue weighted by atomic mass is 9.99. The molecule has 20 heavy (non-hydrogen) atoms. The van der Waals surface area contributed by atoms with E-state index in [1.54, 1.807) is 10.4 Å². The van der Waals surface area contributed by atoms with Crippen molar-refractivity contribution < 1.29 is 13.3 Å². The van der Waals surface area contributed by atoms with Crippen LogP contribution in [0.15, 0.2) is 23.1 Å². The van der Waals surface area contributed by atoms with Crippen molar-refractivity contribution in [3.8, 4) is 0 Å². The third-order valence-electron chi connectivity index (χ3n) is 3.87. The zero-order valence-corrected chi connectivity index (χ0v) is 12.8. The van der Waals surface area contributed by atoms with Crippen LogP contribution in [0.1, 0.15) is 24.0 Å². The lowest BCUT2D eigenvalue weighted by Crippen LogP contribution is -2.39. The molecule has 1 aliphatic rings. The summed E-state index contributed by atoms with van der Waals surface area (Å²) in [5.74, 6) is 5.43. The van der Waals surface area contributed by atoms with Crippen molar-refractivity contribution in [3.05, 3.63) is 29.3 Å². The predicted molar refractivity (Wildman–Crippen MR) is 77.5 cm³/mol. The average Bonchev–Trinajstić information content (AvgIpc) is 2.42. The molecule has 1 aromatic carbocycles. The zero-order chi connectivity index (χ0) is 14.8. The Labute approximate surface area is 120 Å². The number of nitrogens with zero attached hydrogens (tertiary/aromatic N) is 1. The van der Waals surface area contributed by atoms with Crippen LogP contribution in [0.4, 0.5) is 0 Å². The molecule has 0 spiro atoms. The van der Waals surface area contributed by atoms with Crippen LogP contribution < -0.4 is 5.90 Å². The van der Waals surface area contributed by atoms with Gasteiger partial charge in [0.2, 0.25) is 10.0 Å². The summed E-state index contributed by atoms with van der Waals surface area (Å²) in [7, 11) is -3.39. The largest absolute Gasteiger partial charge is 0.304 e. The van der Waals surface area contributed by atoms with Gasteiger partial charge in [-0.05, 0) is 49.8 Å². The van der Waals surface area contributed by atoms with Gasteiger partial charge in [0, 0.05) is 13.1 Å². The molecule has 0 aromatic heterocycles. The van der Waals surface area contributed by atoms with Gasteiger partial charge >= 0.3 is 0 Å². The van der Waals surface area contributed by atoms with E-state index in [4.69, 9.17) is 5.90 Å². The molecular weight excluding hydrogens is 276 g/mol. The number of nitrogens with two attached hydrogens (primary N) is 1. The minimum Gasteiger partial charge on any atom is -0.304 e. The third-order valence-corrected chi connectivity index (χ3v) is 5.91. The second-order valence-corrected chi connectivity index (χ2v) is 7.36. The maximum absolute atomic E-state index is 12.7. The summed E-state index contributed by atoms with van der Waals surface area (Å²) >= 11 is 0. The summed E-state index contributed by atoms with van der Waals surface area (Å²) in [6.07, 6.45) is 1.59. The minimum absolute atomic E-state index is 0.352. The molecule has 0 amide bonds. The standard InChI is InChI=1S/C14H22N2O3S/c1-11-3-4-12(2)14(9-11)20(17,18)16-7-5-13(6-8-16)10-19-15/h3-4,9,13H,5-8,10,15H2,1-2H3. The molecule has 0 aliphatic carbocycles. The maximum Gasteiger partial charge on any atom is 0.243 e. The summed E-state index contributed by atoms with van der Waals surface area (Å²) in [5, 5.41) is 0. The van der Waals surface area contributed by atoms with E-state index in [-0.39, 0.29) is 0 Å². The van der Waals surface area contributed by atoms with Crippen molar-refractivity contribution in [3.63, 3.8) is 0 Å². The van der Waals surface area contributed by atoms with Crippen LogP contribution in [-0.2, 0) is 14.9 Å². The lowest BCUT2D eigenvalue weighted by Gasteiger charge is -2.31. The molecule has 1 saturated heterocycles. The number of aryl methyl sites for hydroxylation is 2. The second-order valence-electron chi connectivity index (χ2n) is 5.45. The zero-order valence-electron chi connectivity index (χ0n) is 12.0. The van der Waals surface area contributed by atoms with Crippen molar-refractivity contribution in [2.75, 3.05) is 19.7 Å². The van der Waals surface area contributed by atoms with Gasteiger partial charge < -0.3 is 4.84 Å². The molecule has 0 bridgehead atoms. The normalized spacial score (nSPS) is 18.4. The molecule has 2 rings (SSSR count). The van der Waals surface area contributed by atoms with E-state index in [9.17, 15) is 8.42 Å². The summed E-state index contributed by atoms with van der Waals surface area (Å²) in [5.41, 5.74) is 1.75. The van der Waals surface area contributed by atoms with E-state index in [2.05, 4.69) is 4.84 Å². The Morgan fingerprint density at radius 3 is 2.55 bits per heavy atom. The first-order chi connectivity index (χ1) is 9.45. The van der Waals surface area contributed by atoms with E-state index in [1.165, 1.54) is 0 Å². The number of piperidine rings is 1. The highest BCUT2D eigenvalue weighted by molar-refractivity contribution is 7.89. The molecule has 5 nitrogen and oxygen atoms in total. The highest BCUT2D eigenvalue weighted by atomic mass is 32.2. The number of rotatable bonds is 4. The molecule has 1 fully saturated rings. The van der Waals surface area contributed by atoms with Gasteiger partial charge in [-0.1, -0.05) is 12.1 Å². The second kappa shape index (κ2) is 6.22. The van der Waals surface area contributed by atoms with Gasteiger partial charge in [0.25, 0.3) is 0 Å². The Morgan fingerprint density at radius 2 is 1.95 bits per heavy atom. The molecular formula is C14H22N2O3S. The maximum atomic E-state index is 12.7. The fraction of sp³-hybridized carbons (Fsp3) is 0.571. The fourth-order valence-electron chi connectivity index (χ4n) is 2.58. The van der Waals surface area contributed by atoms with Gasteiger partial charge in [0.1, 0.15) is 0 Å². The predicted octanol–water partition coefficient (Wildman–Crippen LogP) is 1.59. The Hall–Kier alpha value is -0.950. The van der Waals surface area contributed by atoms with Crippen molar-refractivity contribution >= 4 is 10.0 Å².